The normalized spacial score (nSPS) is 12.3. The number of nitrogens with two attached hydrogens (primary N) is 1. The SMILES string of the molecule is CC(=O)N(C)c1cccc(CC(N)C(=O)Nc2ccc3[nH]c(C(=O)OC(C)(C)C)cc3c2)c1. The number of rotatable bonds is 6. The van der Waals surface area contributed by atoms with Crippen LogP contribution in [0.3, 0.4) is 0 Å². The third-order valence-corrected chi connectivity index (χ3v) is 5.07. The van der Waals surface area contributed by atoms with E-state index in [0.29, 0.717) is 17.8 Å². The lowest BCUT2D eigenvalue weighted by Gasteiger charge is -2.18. The van der Waals surface area contributed by atoms with E-state index in [0.717, 1.165) is 22.2 Å². The monoisotopic (exact) mass is 450 g/mol. The lowest BCUT2D eigenvalue weighted by Crippen LogP contribution is -2.37. The number of benzene rings is 2. The van der Waals surface area contributed by atoms with Crippen LogP contribution in [0.5, 0.6) is 0 Å². The fourth-order valence-electron chi connectivity index (χ4n) is 3.31. The first-order chi connectivity index (χ1) is 15.4. The molecule has 0 spiro atoms. The van der Waals surface area contributed by atoms with E-state index in [1.807, 2.05) is 45.0 Å². The largest absolute Gasteiger partial charge is 0.455 e. The number of amides is 2. The minimum atomic E-state index is -0.776. The molecule has 0 aliphatic heterocycles. The number of esters is 1. The molecule has 2 aromatic carbocycles. The molecule has 0 aliphatic rings. The number of H-pyrrole nitrogens is 1. The van der Waals surface area contributed by atoms with Gasteiger partial charge in [-0.2, -0.15) is 0 Å². The van der Waals surface area contributed by atoms with Crippen LogP contribution < -0.4 is 16.0 Å². The Kier molecular flexibility index (Phi) is 6.88. The van der Waals surface area contributed by atoms with E-state index in [1.54, 1.807) is 31.3 Å². The first kappa shape index (κ1) is 24.0. The first-order valence-corrected chi connectivity index (χ1v) is 10.7. The molecule has 0 saturated heterocycles. The van der Waals surface area contributed by atoms with E-state index in [1.165, 1.54) is 11.8 Å². The number of fused-ring (bicyclic) bond motifs is 1. The number of aromatic amines is 1. The summed E-state index contributed by atoms with van der Waals surface area (Å²) in [5.41, 5.74) is 8.81. The summed E-state index contributed by atoms with van der Waals surface area (Å²) in [5, 5.41) is 3.59. The summed E-state index contributed by atoms with van der Waals surface area (Å²) in [6.07, 6.45) is 0.320. The zero-order valence-corrected chi connectivity index (χ0v) is 19.6. The number of hydrogen-bond acceptors (Lipinski definition) is 5. The molecule has 0 saturated carbocycles. The highest BCUT2D eigenvalue weighted by Gasteiger charge is 2.20. The van der Waals surface area contributed by atoms with Crippen LogP contribution in [0.25, 0.3) is 10.9 Å². The van der Waals surface area contributed by atoms with Gasteiger partial charge in [-0.05, 0) is 69.2 Å². The Morgan fingerprint density at radius 3 is 2.52 bits per heavy atom. The van der Waals surface area contributed by atoms with Crippen molar-refractivity contribution in [3.8, 4) is 0 Å². The van der Waals surface area contributed by atoms with Gasteiger partial charge in [-0.1, -0.05) is 12.1 Å². The van der Waals surface area contributed by atoms with E-state index in [4.69, 9.17) is 10.5 Å². The van der Waals surface area contributed by atoms with Gasteiger partial charge >= 0.3 is 5.97 Å². The summed E-state index contributed by atoms with van der Waals surface area (Å²) < 4.78 is 5.39. The second kappa shape index (κ2) is 9.46. The topological polar surface area (TPSA) is 118 Å². The summed E-state index contributed by atoms with van der Waals surface area (Å²) in [4.78, 5) is 41.1. The van der Waals surface area contributed by atoms with Gasteiger partial charge in [0.25, 0.3) is 0 Å². The number of aromatic nitrogens is 1. The molecule has 4 N–H and O–H groups in total. The molecule has 1 aromatic heterocycles. The second-order valence-electron chi connectivity index (χ2n) is 9.03. The van der Waals surface area contributed by atoms with Crippen LogP contribution >= 0.6 is 0 Å². The van der Waals surface area contributed by atoms with Gasteiger partial charge in [-0.25, -0.2) is 4.79 Å². The molecule has 0 radical (unpaired) electrons. The summed E-state index contributed by atoms with van der Waals surface area (Å²) in [5.74, 6) is -0.851. The molecule has 1 heterocycles. The van der Waals surface area contributed by atoms with Gasteiger partial charge in [0.1, 0.15) is 11.3 Å². The Labute approximate surface area is 193 Å². The minimum Gasteiger partial charge on any atom is -0.455 e. The van der Waals surface area contributed by atoms with Crippen LogP contribution in [0.1, 0.15) is 43.7 Å². The maximum absolute atomic E-state index is 12.7. The molecule has 33 heavy (non-hydrogen) atoms. The second-order valence-corrected chi connectivity index (χ2v) is 9.03. The Morgan fingerprint density at radius 1 is 1.12 bits per heavy atom. The fraction of sp³-hybridized carbons (Fsp3) is 0.320. The Hall–Kier alpha value is -3.65. The molecule has 0 fully saturated rings. The molecular formula is C25H30N4O4. The van der Waals surface area contributed by atoms with E-state index >= 15 is 0 Å². The van der Waals surface area contributed by atoms with Gasteiger partial charge in [0, 0.05) is 36.2 Å². The number of nitrogens with zero attached hydrogens (tertiary/aromatic N) is 1. The lowest BCUT2D eigenvalue weighted by molar-refractivity contribution is -0.117. The van der Waals surface area contributed by atoms with Crippen LogP contribution in [0.4, 0.5) is 11.4 Å². The van der Waals surface area contributed by atoms with Gasteiger partial charge in [0.05, 0.1) is 6.04 Å². The van der Waals surface area contributed by atoms with Crippen molar-refractivity contribution >= 4 is 40.1 Å². The first-order valence-electron chi connectivity index (χ1n) is 10.7. The highest BCUT2D eigenvalue weighted by atomic mass is 16.6. The van der Waals surface area contributed by atoms with Crippen molar-refractivity contribution in [2.24, 2.45) is 5.73 Å². The van der Waals surface area contributed by atoms with E-state index < -0.39 is 17.6 Å². The molecule has 2 amide bonds. The molecule has 174 valence electrons. The van der Waals surface area contributed by atoms with Crippen LogP contribution in [-0.4, -0.2) is 41.5 Å². The number of ether oxygens (including phenoxy) is 1. The average Bonchev–Trinajstić information content (AvgIpc) is 3.15. The van der Waals surface area contributed by atoms with Crippen molar-refractivity contribution in [3.05, 3.63) is 59.8 Å². The van der Waals surface area contributed by atoms with Crippen molar-refractivity contribution in [1.82, 2.24) is 4.98 Å². The van der Waals surface area contributed by atoms with E-state index in [2.05, 4.69) is 10.3 Å². The Morgan fingerprint density at radius 2 is 1.85 bits per heavy atom. The minimum absolute atomic E-state index is 0.0795. The maximum atomic E-state index is 12.7. The van der Waals surface area contributed by atoms with Gasteiger partial charge in [-0.3, -0.25) is 9.59 Å². The predicted molar refractivity (Wildman–Crippen MR) is 129 cm³/mol. The average molecular weight is 451 g/mol. The maximum Gasteiger partial charge on any atom is 0.355 e. The zero-order chi connectivity index (χ0) is 24.3. The van der Waals surface area contributed by atoms with Gasteiger partial charge in [0.2, 0.25) is 11.8 Å². The molecule has 1 unspecified atom stereocenters. The van der Waals surface area contributed by atoms with Crippen LogP contribution in [0, 0.1) is 0 Å². The van der Waals surface area contributed by atoms with Crippen LogP contribution in [-0.2, 0) is 20.7 Å². The number of hydrogen-bond donors (Lipinski definition) is 3. The van der Waals surface area contributed by atoms with Gasteiger partial charge < -0.3 is 25.7 Å². The highest BCUT2D eigenvalue weighted by molar-refractivity contribution is 5.99. The Balaban J connectivity index is 1.68. The summed E-state index contributed by atoms with van der Waals surface area (Å²) in [6.45, 7) is 6.91. The lowest BCUT2D eigenvalue weighted by atomic mass is 10.0. The highest BCUT2D eigenvalue weighted by Crippen LogP contribution is 2.22. The van der Waals surface area contributed by atoms with Crippen molar-refractivity contribution in [2.75, 3.05) is 17.3 Å². The van der Waals surface area contributed by atoms with Gasteiger partial charge in [-0.15, -0.1) is 0 Å². The Bertz CT molecular complexity index is 1190. The summed E-state index contributed by atoms with van der Waals surface area (Å²) in [7, 11) is 1.69. The van der Waals surface area contributed by atoms with Crippen LogP contribution in [0.2, 0.25) is 0 Å². The smallest absolute Gasteiger partial charge is 0.355 e. The third kappa shape index (κ3) is 6.20. The molecule has 8 heteroatoms. The summed E-state index contributed by atoms with van der Waals surface area (Å²) in [6, 6.07) is 13.6. The number of carbonyl (C=O) groups excluding carboxylic acids is 3. The number of nitrogens with one attached hydrogen (secondary N) is 2. The van der Waals surface area contributed by atoms with Crippen molar-refractivity contribution in [3.63, 3.8) is 0 Å². The zero-order valence-electron chi connectivity index (χ0n) is 19.6. The van der Waals surface area contributed by atoms with Crippen LogP contribution in [0.15, 0.2) is 48.5 Å². The molecule has 1 atom stereocenters. The predicted octanol–water partition coefficient (Wildman–Crippen LogP) is 3.61. The molecule has 3 rings (SSSR count). The number of anilines is 2. The van der Waals surface area contributed by atoms with Gasteiger partial charge in [0.15, 0.2) is 0 Å². The molecular weight excluding hydrogens is 420 g/mol. The van der Waals surface area contributed by atoms with Crippen molar-refractivity contribution in [2.45, 2.75) is 45.8 Å². The standard InChI is InChI=1S/C25H30N4O4/c1-15(30)29(5)19-8-6-7-16(11-19)12-20(26)23(31)27-18-9-10-21-17(13-18)14-22(28-21)24(32)33-25(2,3)4/h6-11,13-14,20,28H,12,26H2,1-5H3,(H,27,31). The molecule has 0 bridgehead atoms. The summed E-state index contributed by atoms with van der Waals surface area (Å²) >= 11 is 0. The van der Waals surface area contributed by atoms with E-state index in [9.17, 15) is 14.4 Å². The molecule has 8 nitrogen and oxygen atoms in total. The quantitative estimate of drug-likeness (QED) is 0.496. The number of carbonyl (C=O) groups is 3. The van der Waals surface area contributed by atoms with E-state index in [-0.39, 0.29) is 11.8 Å². The third-order valence-electron chi connectivity index (χ3n) is 5.07. The molecule has 0 aliphatic carbocycles. The van der Waals surface area contributed by atoms with Crippen molar-refractivity contribution < 1.29 is 19.1 Å². The molecule has 3 aromatic rings. The van der Waals surface area contributed by atoms with Crippen molar-refractivity contribution in [1.29, 1.82) is 0 Å². The fourth-order valence-corrected chi connectivity index (χ4v) is 3.31.